The lowest BCUT2D eigenvalue weighted by molar-refractivity contribution is 0.122. The fourth-order valence-electron chi connectivity index (χ4n) is 3.81. The van der Waals surface area contributed by atoms with Crippen LogP contribution in [0, 0.1) is 25.5 Å². The van der Waals surface area contributed by atoms with Crippen LogP contribution in [0.25, 0.3) is 5.57 Å². The van der Waals surface area contributed by atoms with Crippen molar-refractivity contribution in [1.82, 2.24) is 14.9 Å². The van der Waals surface area contributed by atoms with E-state index in [-0.39, 0.29) is 12.1 Å². The lowest BCUT2D eigenvalue weighted by Crippen LogP contribution is -2.37. The maximum Gasteiger partial charge on any atom is 0.157 e. The van der Waals surface area contributed by atoms with Crippen LogP contribution in [-0.4, -0.2) is 54.3 Å². The Morgan fingerprint density at radius 2 is 1.76 bits per heavy atom. The Bertz CT molecular complexity index is 905. The van der Waals surface area contributed by atoms with Crippen molar-refractivity contribution < 1.29 is 13.5 Å². The molecule has 4 rings (SSSR count). The average molecular weight is 400 g/mol. The van der Waals surface area contributed by atoms with Gasteiger partial charge in [0.2, 0.25) is 0 Å². The first kappa shape index (κ1) is 19.9. The molecule has 3 heterocycles. The second kappa shape index (κ2) is 8.55. The van der Waals surface area contributed by atoms with E-state index in [1.165, 1.54) is 18.2 Å². The quantitative estimate of drug-likeness (QED) is 0.786. The summed E-state index contributed by atoms with van der Waals surface area (Å²) in [5.74, 6) is 0.749. The fourth-order valence-corrected chi connectivity index (χ4v) is 3.81. The summed E-state index contributed by atoms with van der Waals surface area (Å²) in [6, 6.07) is 4.00. The lowest BCUT2D eigenvalue weighted by atomic mass is 10.1. The highest BCUT2D eigenvalue weighted by Gasteiger charge is 2.21. The molecule has 1 aromatic carbocycles. The highest BCUT2D eigenvalue weighted by molar-refractivity contribution is 5.64. The van der Waals surface area contributed by atoms with Crippen LogP contribution in [0.5, 0.6) is 0 Å². The minimum absolute atomic E-state index is 0.126. The van der Waals surface area contributed by atoms with Gasteiger partial charge in [0, 0.05) is 49.5 Å². The number of aryl methyl sites for hydroxylation is 1. The molecule has 0 radical (unpaired) electrons. The molecule has 1 fully saturated rings. The van der Waals surface area contributed by atoms with Gasteiger partial charge in [-0.3, -0.25) is 4.90 Å². The first-order valence-corrected chi connectivity index (χ1v) is 10.1. The third-order valence-electron chi connectivity index (χ3n) is 5.70. The van der Waals surface area contributed by atoms with E-state index in [0.29, 0.717) is 26.3 Å². The zero-order chi connectivity index (χ0) is 20.4. The van der Waals surface area contributed by atoms with Gasteiger partial charge in [-0.1, -0.05) is 12.1 Å². The van der Waals surface area contributed by atoms with Crippen molar-refractivity contribution in [1.29, 1.82) is 0 Å². The van der Waals surface area contributed by atoms with Gasteiger partial charge >= 0.3 is 0 Å². The summed E-state index contributed by atoms with van der Waals surface area (Å²) < 4.78 is 33.3. The van der Waals surface area contributed by atoms with Crippen LogP contribution < -0.4 is 4.90 Å². The van der Waals surface area contributed by atoms with Crippen LogP contribution in [0.2, 0.25) is 0 Å². The molecule has 0 unspecified atom stereocenters. The smallest absolute Gasteiger partial charge is 0.157 e. The summed E-state index contributed by atoms with van der Waals surface area (Å²) in [6.45, 7) is 8.74. The van der Waals surface area contributed by atoms with Crippen LogP contribution >= 0.6 is 0 Å². The van der Waals surface area contributed by atoms with E-state index in [1.54, 1.807) is 0 Å². The van der Waals surface area contributed by atoms with Crippen LogP contribution in [0.1, 0.15) is 29.1 Å². The van der Waals surface area contributed by atoms with Gasteiger partial charge in [0.25, 0.3) is 0 Å². The van der Waals surface area contributed by atoms with Crippen LogP contribution in [0.4, 0.5) is 14.6 Å². The Morgan fingerprint density at radius 3 is 2.41 bits per heavy atom. The van der Waals surface area contributed by atoms with Gasteiger partial charge in [-0.15, -0.1) is 0 Å². The second-order valence-corrected chi connectivity index (χ2v) is 7.60. The van der Waals surface area contributed by atoms with Crippen molar-refractivity contribution in [3.63, 3.8) is 0 Å². The molecule has 1 saturated heterocycles. The molecule has 29 heavy (non-hydrogen) atoms. The monoisotopic (exact) mass is 400 g/mol. The molecule has 0 atom stereocenters. The third kappa shape index (κ3) is 4.31. The van der Waals surface area contributed by atoms with E-state index in [0.717, 1.165) is 48.0 Å². The predicted octanol–water partition coefficient (Wildman–Crippen LogP) is 3.50. The first-order valence-electron chi connectivity index (χ1n) is 10.1. The summed E-state index contributed by atoms with van der Waals surface area (Å²) >= 11 is 0. The van der Waals surface area contributed by atoms with Crippen molar-refractivity contribution in [3.8, 4) is 0 Å². The topological polar surface area (TPSA) is 41.5 Å². The largest absolute Gasteiger partial charge is 0.378 e. The molecular weight excluding hydrogens is 374 g/mol. The molecule has 0 bridgehead atoms. The van der Waals surface area contributed by atoms with Crippen LogP contribution in [0.3, 0.4) is 0 Å². The van der Waals surface area contributed by atoms with Gasteiger partial charge in [0.05, 0.1) is 13.2 Å². The highest BCUT2D eigenvalue weighted by Crippen LogP contribution is 2.27. The minimum Gasteiger partial charge on any atom is -0.378 e. The molecule has 0 N–H and O–H groups in total. The second-order valence-electron chi connectivity index (χ2n) is 7.60. The Morgan fingerprint density at radius 1 is 1.03 bits per heavy atom. The Balaban J connectivity index is 1.52. The number of hydrogen-bond donors (Lipinski definition) is 0. The molecule has 2 aromatic rings. The van der Waals surface area contributed by atoms with E-state index < -0.39 is 11.6 Å². The van der Waals surface area contributed by atoms with Gasteiger partial charge in [-0.2, -0.15) is 0 Å². The molecule has 0 aliphatic carbocycles. The van der Waals surface area contributed by atoms with Crippen molar-refractivity contribution in [3.05, 3.63) is 58.6 Å². The number of rotatable bonds is 4. The summed E-state index contributed by atoms with van der Waals surface area (Å²) in [5, 5.41) is 0. The number of aromatic nitrogens is 2. The van der Waals surface area contributed by atoms with E-state index >= 15 is 0 Å². The average Bonchev–Trinajstić information content (AvgIpc) is 2.74. The lowest BCUT2D eigenvalue weighted by Gasteiger charge is -2.30. The Kier molecular flexibility index (Phi) is 5.87. The van der Waals surface area contributed by atoms with Crippen molar-refractivity contribution in [2.45, 2.75) is 26.8 Å². The number of ether oxygens (including phenoxy) is 1. The molecule has 7 heteroatoms. The number of halogens is 2. The van der Waals surface area contributed by atoms with Crippen molar-refractivity contribution in [2.75, 3.05) is 44.3 Å². The minimum atomic E-state index is -0.493. The molecule has 5 nitrogen and oxygen atoms in total. The SMILES string of the molecule is Cc1nc(C2=CCN(Cc3c(F)cccc3F)CC2)nc(N2CCOCC2)c1C. The van der Waals surface area contributed by atoms with Crippen LogP contribution in [-0.2, 0) is 11.3 Å². The number of nitrogens with zero attached hydrogens (tertiary/aromatic N) is 4. The third-order valence-corrected chi connectivity index (χ3v) is 5.70. The zero-order valence-electron chi connectivity index (χ0n) is 16.9. The molecule has 1 aromatic heterocycles. The van der Waals surface area contributed by atoms with Gasteiger partial charge < -0.3 is 9.64 Å². The van der Waals surface area contributed by atoms with E-state index in [9.17, 15) is 8.78 Å². The number of benzene rings is 1. The van der Waals surface area contributed by atoms with Gasteiger partial charge in [0.15, 0.2) is 5.82 Å². The summed E-state index contributed by atoms with van der Waals surface area (Å²) in [6.07, 6.45) is 2.83. The van der Waals surface area contributed by atoms with Crippen LogP contribution in [0.15, 0.2) is 24.3 Å². The maximum absolute atomic E-state index is 13.9. The molecule has 0 spiro atoms. The zero-order valence-corrected chi connectivity index (χ0v) is 16.9. The summed E-state index contributed by atoms with van der Waals surface area (Å²) in [7, 11) is 0. The van der Waals surface area contributed by atoms with Gasteiger partial charge in [-0.05, 0) is 38.0 Å². The fraction of sp³-hybridized carbons (Fsp3) is 0.455. The van der Waals surface area contributed by atoms with Crippen molar-refractivity contribution in [2.24, 2.45) is 0 Å². The number of hydrogen-bond acceptors (Lipinski definition) is 5. The first-order chi connectivity index (χ1) is 14.0. The molecular formula is C22H26F2N4O. The van der Waals surface area contributed by atoms with Crippen molar-refractivity contribution >= 4 is 11.4 Å². The molecule has 0 saturated carbocycles. The van der Waals surface area contributed by atoms with Gasteiger partial charge in [-0.25, -0.2) is 18.7 Å². The predicted molar refractivity (Wildman–Crippen MR) is 109 cm³/mol. The Labute approximate surface area is 170 Å². The van der Waals surface area contributed by atoms with Gasteiger partial charge in [0.1, 0.15) is 17.5 Å². The molecule has 0 amide bonds. The van der Waals surface area contributed by atoms with E-state index in [4.69, 9.17) is 14.7 Å². The van der Waals surface area contributed by atoms with E-state index in [2.05, 4.69) is 17.9 Å². The summed E-state index contributed by atoms with van der Waals surface area (Å²) in [5.41, 5.74) is 3.30. The highest BCUT2D eigenvalue weighted by atomic mass is 19.1. The number of morpholine rings is 1. The molecule has 2 aliphatic rings. The Hall–Kier alpha value is -2.38. The summed E-state index contributed by atoms with van der Waals surface area (Å²) in [4.78, 5) is 13.9. The molecule has 154 valence electrons. The molecule has 2 aliphatic heterocycles. The normalized spacial score (nSPS) is 18.1. The standard InChI is InChI=1S/C22H26F2N4O/c1-15-16(2)25-21(26-22(15)28-10-12-29-13-11-28)17-6-8-27(9-7-17)14-18-19(23)4-3-5-20(18)24/h3-6H,7-14H2,1-2H3. The van der Waals surface area contributed by atoms with E-state index in [1.807, 2.05) is 11.8 Å². The number of anilines is 1. The maximum atomic E-state index is 13.9.